The van der Waals surface area contributed by atoms with Crippen LogP contribution in [0.25, 0.3) is 0 Å². The van der Waals surface area contributed by atoms with Gasteiger partial charge in [0.1, 0.15) is 16.7 Å². The number of carbonyl (C=O) groups excluding carboxylic acids is 1. The molecule has 94 valence electrons. The van der Waals surface area contributed by atoms with Gasteiger partial charge in [-0.1, -0.05) is 0 Å². The molecule has 5 nitrogen and oxygen atoms in total. The van der Waals surface area contributed by atoms with E-state index in [-0.39, 0.29) is 5.91 Å². The van der Waals surface area contributed by atoms with Gasteiger partial charge in [0.2, 0.25) is 5.91 Å². The molecule has 0 bridgehead atoms. The number of hydrogen-bond acceptors (Lipinski definition) is 4. The average Bonchev–Trinajstić information content (AvgIpc) is 2.30. The van der Waals surface area contributed by atoms with E-state index in [0.29, 0.717) is 11.1 Å². The highest BCUT2D eigenvalue weighted by molar-refractivity contribution is 9.10. The zero-order valence-corrected chi connectivity index (χ0v) is 11.9. The predicted octanol–water partition coefficient (Wildman–Crippen LogP) is 1.54. The van der Waals surface area contributed by atoms with E-state index >= 15 is 0 Å². The van der Waals surface area contributed by atoms with Gasteiger partial charge in [-0.05, 0) is 29.8 Å². The highest BCUT2D eigenvalue weighted by Crippen LogP contribution is 2.13. The maximum atomic E-state index is 11.9. The summed E-state index contributed by atoms with van der Waals surface area (Å²) in [4.78, 5) is 23.6. The van der Waals surface area contributed by atoms with Gasteiger partial charge in [0, 0.05) is 26.2 Å². The fourth-order valence-electron chi connectivity index (χ4n) is 1.49. The van der Waals surface area contributed by atoms with Crippen LogP contribution in [0.1, 0.15) is 13.8 Å². The molecule has 0 spiro atoms. The zero-order chi connectivity index (χ0) is 12.8. The predicted molar refractivity (Wildman–Crippen MR) is 70.9 cm³/mol. The SMILES string of the molecule is CCN(CC)C(=O)CN(C)c1cc(Br)ncn1. The Morgan fingerprint density at radius 3 is 2.53 bits per heavy atom. The third-order valence-corrected chi connectivity index (χ3v) is 2.93. The van der Waals surface area contributed by atoms with E-state index < -0.39 is 0 Å². The molecule has 0 N–H and O–H groups in total. The Hall–Kier alpha value is -1.17. The Bertz CT molecular complexity index is 381. The van der Waals surface area contributed by atoms with Crippen LogP contribution in [0, 0.1) is 0 Å². The van der Waals surface area contributed by atoms with Crippen molar-refractivity contribution in [2.75, 3.05) is 31.6 Å². The first-order valence-corrected chi connectivity index (χ1v) is 6.34. The number of halogens is 1. The van der Waals surface area contributed by atoms with Crippen LogP contribution in [0.5, 0.6) is 0 Å². The van der Waals surface area contributed by atoms with Crippen LogP contribution in [0.15, 0.2) is 17.0 Å². The fourth-order valence-corrected chi connectivity index (χ4v) is 1.79. The summed E-state index contributed by atoms with van der Waals surface area (Å²) in [7, 11) is 1.84. The summed E-state index contributed by atoms with van der Waals surface area (Å²) in [6, 6.07) is 1.79. The maximum absolute atomic E-state index is 11.9. The van der Waals surface area contributed by atoms with Gasteiger partial charge in [-0.25, -0.2) is 9.97 Å². The van der Waals surface area contributed by atoms with Gasteiger partial charge in [0.05, 0.1) is 6.54 Å². The molecular weight excluding hydrogens is 284 g/mol. The van der Waals surface area contributed by atoms with E-state index in [0.717, 1.165) is 18.9 Å². The lowest BCUT2D eigenvalue weighted by atomic mass is 10.4. The first-order chi connectivity index (χ1) is 8.08. The van der Waals surface area contributed by atoms with Crippen molar-refractivity contribution in [3.63, 3.8) is 0 Å². The summed E-state index contributed by atoms with van der Waals surface area (Å²) < 4.78 is 0.713. The summed E-state index contributed by atoms with van der Waals surface area (Å²) in [5, 5.41) is 0. The summed E-state index contributed by atoms with van der Waals surface area (Å²) in [5.41, 5.74) is 0. The van der Waals surface area contributed by atoms with E-state index in [9.17, 15) is 4.79 Å². The number of nitrogens with zero attached hydrogens (tertiary/aromatic N) is 4. The van der Waals surface area contributed by atoms with Crippen LogP contribution in [-0.2, 0) is 4.79 Å². The fraction of sp³-hybridized carbons (Fsp3) is 0.545. The van der Waals surface area contributed by atoms with E-state index in [4.69, 9.17) is 0 Å². The van der Waals surface area contributed by atoms with Crippen molar-refractivity contribution in [3.05, 3.63) is 17.0 Å². The molecule has 0 atom stereocenters. The Labute approximate surface area is 110 Å². The van der Waals surface area contributed by atoms with Gasteiger partial charge >= 0.3 is 0 Å². The third kappa shape index (κ3) is 3.96. The molecule has 0 fully saturated rings. The number of hydrogen-bond donors (Lipinski definition) is 0. The van der Waals surface area contributed by atoms with Gasteiger partial charge in [-0.3, -0.25) is 4.79 Å². The molecule has 0 aromatic carbocycles. The minimum atomic E-state index is 0.104. The molecular formula is C11H17BrN4O. The van der Waals surface area contributed by atoms with Crippen molar-refractivity contribution in [1.29, 1.82) is 0 Å². The van der Waals surface area contributed by atoms with Gasteiger partial charge < -0.3 is 9.80 Å². The van der Waals surface area contributed by atoms with Crippen molar-refractivity contribution in [3.8, 4) is 0 Å². The zero-order valence-electron chi connectivity index (χ0n) is 10.4. The molecule has 0 aliphatic rings. The molecule has 0 unspecified atom stereocenters. The van der Waals surface area contributed by atoms with Crippen LogP contribution < -0.4 is 4.90 Å². The highest BCUT2D eigenvalue weighted by atomic mass is 79.9. The molecule has 1 aromatic heterocycles. The smallest absolute Gasteiger partial charge is 0.242 e. The lowest BCUT2D eigenvalue weighted by Gasteiger charge is -2.23. The molecule has 0 saturated carbocycles. The lowest BCUT2D eigenvalue weighted by molar-refractivity contribution is -0.129. The molecule has 0 saturated heterocycles. The van der Waals surface area contributed by atoms with Crippen LogP contribution >= 0.6 is 15.9 Å². The quantitative estimate of drug-likeness (QED) is 0.774. The normalized spacial score (nSPS) is 10.1. The standard InChI is InChI=1S/C11H17BrN4O/c1-4-16(5-2)11(17)7-15(3)10-6-9(12)13-8-14-10/h6,8H,4-5,7H2,1-3H3. The second-order valence-corrected chi connectivity index (χ2v) is 4.43. The Morgan fingerprint density at radius 2 is 2.00 bits per heavy atom. The summed E-state index contributed by atoms with van der Waals surface area (Å²) in [6.45, 7) is 5.74. The highest BCUT2D eigenvalue weighted by Gasteiger charge is 2.13. The number of aromatic nitrogens is 2. The minimum absolute atomic E-state index is 0.104. The van der Waals surface area contributed by atoms with Gasteiger partial charge in [0.15, 0.2) is 0 Å². The monoisotopic (exact) mass is 300 g/mol. The number of anilines is 1. The van der Waals surface area contributed by atoms with E-state index in [1.54, 1.807) is 11.0 Å². The maximum Gasteiger partial charge on any atom is 0.242 e. The molecule has 1 aromatic rings. The van der Waals surface area contributed by atoms with Crippen LogP contribution in [0.2, 0.25) is 0 Å². The number of rotatable bonds is 5. The van der Waals surface area contributed by atoms with Crippen LogP contribution in [0.4, 0.5) is 5.82 Å². The van der Waals surface area contributed by atoms with E-state index in [1.165, 1.54) is 6.33 Å². The molecule has 0 aliphatic heterocycles. The van der Waals surface area contributed by atoms with Crippen molar-refractivity contribution in [2.24, 2.45) is 0 Å². The molecule has 0 aliphatic carbocycles. The molecule has 1 heterocycles. The summed E-state index contributed by atoms with van der Waals surface area (Å²) in [6.07, 6.45) is 1.47. The van der Waals surface area contributed by atoms with Gasteiger partial charge in [-0.2, -0.15) is 0 Å². The van der Waals surface area contributed by atoms with E-state index in [2.05, 4.69) is 25.9 Å². The largest absolute Gasteiger partial charge is 0.350 e. The minimum Gasteiger partial charge on any atom is -0.350 e. The second kappa shape index (κ2) is 6.54. The summed E-state index contributed by atoms with van der Waals surface area (Å²) in [5.74, 6) is 0.833. The number of carbonyl (C=O) groups is 1. The van der Waals surface area contributed by atoms with Crippen molar-refractivity contribution in [2.45, 2.75) is 13.8 Å². The molecule has 6 heteroatoms. The van der Waals surface area contributed by atoms with Crippen LogP contribution in [0.3, 0.4) is 0 Å². The topological polar surface area (TPSA) is 49.3 Å². The van der Waals surface area contributed by atoms with Crippen LogP contribution in [-0.4, -0.2) is 47.5 Å². The van der Waals surface area contributed by atoms with Crippen molar-refractivity contribution < 1.29 is 4.79 Å². The molecule has 1 rings (SSSR count). The Kier molecular flexibility index (Phi) is 5.34. The Morgan fingerprint density at radius 1 is 1.35 bits per heavy atom. The molecule has 17 heavy (non-hydrogen) atoms. The van der Waals surface area contributed by atoms with Crippen molar-refractivity contribution >= 4 is 27.7 Å². The number of likely N-dealkylation sites (N-methyl/N-ethyl adjacent to an activating group) is 2. The average molecular weight is 301 g/mol. The summed E-state index contributed by atoms with van der Waals surface area (Å²) >= 11 is 3.28. The van der Waals surface area contributed by atoms with Gasteiger partial charge in [-0.15, -0.1) is 0 Å². The third-order valence-electron chi connectivity index (χ3n) is 2.50. The van der Waals surface area contributed by atoms with E-state index in [1.807, 2.05) is 25.8 Å². The first-order valence-electron chi connectivity index (χ1n) is 5.54. The van der Waals surface area contributed by atoms with Gasteiger partial charge in [0.25, 0.3) is 0 Å². The molecule has 0 radical (unpaired) electrons. The molecule has 1 amide bonds. The lowest BCUT2D eigenvalue weighted by Crippen LogP contribution is -2.39. The number of amides is 1. The second-order valence-electron chi connectivity index (χ2n) is 3.62. The van der Waals surface area contributed by atoms with Crippen molar-refractivity contribution in [1.82, 2.24) is 14.9 Å². The Balaban J connectivity index is 2.66. The first kappa shape index (κ1) is 13.9.